The highest BCUT2D eigenvalue weighted by Gasteiger charge is 2.19. The van der Waals surface area contributed by atoms with Gasteiger partial charge in [0, 0.05) is 30.2 Å². The van der Waals surface area contributed by atoms with Crippen molar-refractivity contribution >= 4 is 17.7 Å². The number of aryl methyl sites for hydroxylation is 1. The third kappa shape index (κ3) is 2.20. The number of fused-ring (bicyclic) bond motifs is 1. The van der Waals surface area contributed by atoms with Gasteiger partial charge in [-0.2, -0.15) is 11.8 Å². The molecule has 2 heterocycles. The van der Waals surface area contributed by atoms with E-state index in [4.69, 9.17) is 0 Å². The quantitative estimate of drug-likeness (QED) is 0.815. The summed E-state index contributed by atoms with van der Waals surface area (Å²) in [5, 5.41) is 0. The molecule has 0 atom stereocenters. The van der Waals surface area contributed by atoms with E-state index in [0.29, 0.717) is 0 Å². The highest BCUT2D eigenvalue weighted by atomic mass is 32.2. The van der Waals surface area contributed by atoms with Crippen LogP contribution in [-0.2, 0) is 12.8 Å². The number of H-pyrrole nitrogens is 1. The molecule has 1 aromatic heterocycles. The van der Waals surface area contributed by atoms with Crippen molar-refractivity contribution in [3.05, 3.63) is 21.6 Å². The Morgan fingerprint density at radius 3 is 2.76 bits per heavy atom. The minimum atomic E-state index is 0.0860. The molecule has 0 bridgehead atoms. The van der Waals surface area contributed by atoms with E-state index in [9.17, 15) is 4.79 Å². The van der Waals surface area contributed by atoms with Crippen molar-refractivity contribution in [3.8, 4) is 0 Å². The van der Waals surface area contributed by atoms with Crippen LogP contribution in [0.5, 0.6) is 0 Å². The number of nitrogens with one attached hydrogen (secondary N) is 1. The maximum absolute atomic E-state index is 12.0. The van der Waals surface area contributed by atoms with Gasteiger partial charge in [0.15, 0.2) is 0 Å². The molecular weight excluding hydrogens is 234 g/mol. The Bertz CT molecular complexity index is 465. The Kier molecular flexibility index (Phi) is 3.09. The molecule has 0 spiro atoms. The number of nitrogens with zero attached hydrogens (tertiary/aromatic N) is 2. The van der Waals surface area contributed by atoms with E-state index < -0.39 is 0 Å². The second kappa shape index (κ2) is 4.72. The fraction of sp³-hybridized carbons (Fsp3) is 0.667. The fourth-order valence-corrected chi connectivity index (χ4v) is 3.42. The van der Waals surface area contributed by atoms with Gasteiger partial charge in [-0.1, -0.05) is 0 Å². The molecule has 0 aromatic carbocycles. The van der Waals surface area contributed by atoms with Crippen molar-refractivity contribution in [2.75, 3.05) is 29.5 Å². The van der Waals surface area contributed by atoms with Gasteiger partial charge < -0.3 is 4.90 Å². The van der Waals surface area contributed by atoms with Crippen molar-refractivity contribution < 1.29 is 0 Å². The van der Waals surface area contributed by atoms with Gasteiger partial charge >= 0.3 is 0 Å². The lowest BCUT2D eigenvalue weighted by Crippen LogP contribution is -2.36. The highest BCUT2D eigenvalue weighted by molar-refractivity contribution is 7.99. The van der Waals surface area contributed by atoms with Gasteiger partial charge in [0.25, 0.3) is 5.56 Å². The first-order valence-electron chi connectivity index (χ1n) is 6.29. The zero-order valence-electron chi connectivity index (χ0n) is 9.87. The average Bonchev–Trinajstić information content (AvgIpc) is 2.40. The highest BCUT2D eigenvalue weighted by Crippen LogP contribution is 2.19. The zero-order valence-corrected chi connectivity index (χ0v) is 10.7. The summed E-state index contributed by atoms with van der Waals surface area (Å²) < 4.78 is 0. The molecule has 1 fully saturated rings. The standard InChI is InChI=1S/C12H17N3OS/c16-11-9-3-1-2-4-10(9)13-12(14-11)15-5-7-17-8-6-15/h1-8H2,(H,13,14,16). The summed E-state index contributed by atoms with van der Waals surface area (Å²) in [5.41, 5.74) is 2.04. The third-order valence-corrected chi connectivity index (χ3v) is 4.43. The molecule has 0 radical (unpaired) electrons. The van der Waals surface area contributed by atoms with Crippen LogP contribution in [0.3, 0.4) is 0 Å². The third-order valence-electron chi connectivity index (χ3n) is 3.49. The van der Waals surface area contributed by atoms with E-state index in [-0.39, 0.29) is 5.56 Å². The van der Waals surface area contributed by atoms with E-state index in [0.717, 1.165) is 61.1 Å². The van der Waals surface area contributed by atoms with Crippen LogP contribution in [0.4, 0.5) is 5.95 Å². The number of anilines is 1. The largest absolute Gasteiger partial charge is 0.341 e. The molecule has 0 unspecified atom stereocenters. The SMILES string of the molecule is O=c1[nH]c(N2CCSCC2)nc2c1CCCC2. The summed E-state index contributed by atoms with van der Waals surface area (Å²) in [6.45, 7) is 1.98. The second-order valence-electron chi connectivity index (χ2n) is 4.62. The smallest absolute Gasteiger partial charge is 0.255 e. The van der Waals surface area contributed by atoms with Crippen molar-refractivity contribution in [1.29, 1.82) is 0 Å². The summed E-state index contributed by atoms with van der Waals surface area (Å²) in [7, 11) is 0. The average molecular weight is 251 g/mol. The van der Waals surface area contributed by atoms with Gasteiger partial charge in [0.1, 0.15) is 0 Å². The van der Waals surface area contributed by atoms with Crippen molar-refractivity contribution in [2.45, 2.75) is 25.7 Å². The van der Waals surface area contributed by atoms with E-state index in [2.05, 4.69) is 14.9 Å². The van der Waals surface area contributed by atoms with E-state index in [1.54, 1.807) is 0 Å². The summed E-state index contributed by atoms with van der Waals surface area (Å²) in [6.07, 6.45) is 4.15. The molecule has 1 N–H and O–H groups in total. The fourth-order valence-electron chi connectivity index (χ4n) is 2.52. The van der Waals surface area contributed by atoms with E-state index in [1.807, 2.05) is 11.8 Å². The number of hydrogen-bond acceptors (Lipinski definition) is 4. The lowest BCUT2D eigenvalue weighted by atomic mass is 9.97. The Morgan fingerprint density at radius 2 is 1.94 bits per heavy atom. The molecule has 1 aliphatic heterocycles. The van der Waals surface area contributed by atoms with Gasteiger partial charge in [-0.25, -0.2) is 4.98 Å². The minimum Gasteiger partial charge on any atom is -0.341 e. The molecule has 0 amide bonds. The maximum Gasteiger partial charge on any atom is 0.255 e. The first-order chi connectivity index (χ1) is 8.34. The Hall–Kier alpha value is -0.970. The zero-order chi connectivity index (χ0) is 11.7. The predicted octanol–water partition coefficient (Wildman–Crippen LogP) is 1.20. The van der Waals surface area contributed by atoms with Crippen LogP contribution < -0.4 is 10.5 Å². The van der Waals surface area contributed by atoms with Gasteiger partial charge in [0.05, 0.1) is 5.69 Å². The summed E-state index contributed by atoms with van der Waals surface area (Å²) in [6, 6.07) is 0. The van der Waals surface area contributed by atoms with Crippen molar-refractivity contribution in [1.82, 2.24) is 9.97 Å². The van der Waals surface area contributed by atoms with Crippen LogP contribution in [0.15, 0.2) is 4.79 Å². The number of aromatic nitrogens is 2. The van der Waals surface area contributed by atoms with Gasteiger partial charge in [-0.15, -0.1) is 0 Å². The molecule has 5 heteroatoms. The maximum atomic E-state index is 12.0. The lowest BCUT2D eigenvalue weighted by Gasteiger charge is -2.27. The molecule has 1 aliphatic carbocycles. The predicted molar refractivity (Wildman–Crippen MR) is 71.0 cm³/mol. The van der Waals surface area contributed by atoms with Crippen LogP contribution in [0.2, 0.25) is 0 Å². The molecule has 4 nitrogen and oxygen atoms in total. The van der Waals surface area contributed by atoms with Crippen LogP contribution in [0, 0.1) is 0 Å². The van der Waals surface area contributed by atoms with Crippen LogP contribution in [-0.4, -0.2) is 34.6 Å². The number of thioether (sulfide) groups is 1. The summed E-state index contributed by atoms with van der Waals surface area (Å²) >= 11 is 1.96. The summed E-state index contributed by atoms with van der Waals surface area (Å²) in [4.78, 5) is 21.8. The number of hydrogen-bond donors (Lipinski definition) is 1. The topological polar surface area (TPSA) is 49.0 Å². The molecular formula is C12H17N3OS. The normalized spacial score (nSPS) is 20.1. The lowest BCUT2D eigenvalue weighted by molar-refractivity contribution is 0.651. The Labute approximate surface area is 105 Å². The molecule has 1 saturated heterocycles. The summed E-state index contributed by atoms with van der Waals surface area (Å²) in [5.74, 6) is 3.04. The van der Waals surface area contributed by atoms with Crippen molar-refractivity contribution in [3.63, 3.8) is 0 Å². The van der Waals surface area contributed by atoms with Crippen molar-refractivity contribution in [2.24, 2.45) is 0 Å². The monoisotopic (exact) mass is 251 g/mol. The minimum absolute atomic E-state index is 0.0860. The van der Waals surface area contributed by atoms with E-state index in [1.165, 1.54) is 6.42 Å². The van der Waals surface area contributed by atoms with Gasteiger partial charge in [-0.05, 0) is 25.7 Å². The van der Waals surface area contributed by atoms with Crippen LogP contribution >= 0.6 is 11.8 Å². The second-order valence-corrected chi connectivity index (χ2v) is 5.85. The molecule has 0 saturated carbocycles. The molecule has 3 rings (SSSR count). The van der Waals surface area contributed by atoms with Crippen LogP contribution in [0.25, 0.3) is 0 Å². The van der Waals surface area contributed by atoms with Gasteiger partial charge in [-0.3, -0.25) is 9.78 Å². The Morgan fingerprint density at radius 1 is 1.18 bits per heavy atom. The molecule has 2 aliphatic rings. The first-order valence-corrected chi connectivity index (χ1v) is 7.45. The first kappa shape index (κ1) is 11.1. The molecule has 17 heavy (non-hydrogen) atoms. The van der Waals surface area contributed by atoms with Gasteiger partial charge in [0.2, 0.25) is 5.95 Å². The number of rotatable bonds is 1. The van der Waals surface area contributed by atoms with Crippen LogP contribution in [0.1, 0.15) is 24.1 Å². The van der Waals surface area contributed by atoms with E-state index >= 15 is 0 Å². The number of aromatic amines is 1. The molecule has 92 valence electrons. The molecule has 1 aromatic rings. The Balaban J connectivity index is 1.95.